The predicted octanol–water partition coefficient (Wildman–Crippen LogP) is 2.43. The van der Waals surface area contributed by atoms with Crippen LogP contribution in [0.3, 0.4) is 0 Å². The number of rotatable bonds is 0. The number of pyridine rings is 1. The lowest BCUT2D eigenvalue weighted by Crippen LogP contribution is -1.92. The molecule has 0 radical (unpaired) electrons. The highest BCUT2D eigenvalue weighted by molar-refractivity contribution is 5.92. The first kappa shape index (κ1) is 8.05. The highest BCUT2D eigenvalue weighted by Crippen LogP contribution is 2.23. The summed E-state index contributed by atoms with van der Waals surface area (Å²) >= 11 is 0. The van der Waals surface area contributed by atoms with Crippen molar-refractivity contribution in [2.24, 2.45) is 0 Å². The number of aryl methyl sites for hydroxylation is 2. The molecular formula is C11H12N2. The molecule has 0 atom stereocenters. The Labute approximate surface area is 77.4 Å². The van der Waals surface area contributed by atoms with E-state index in [9.17, 15) is 0 Å². The number of hydrogen-bond acceptors (Lipinski definition) is 2. The molecule has 13 heavy (non-hydrogen) atoms. The zero-order chi connectivity index (χ0) is 9.42. The molecule has 2 N–H and O–H groups in total. The van der Waals surface area contributed by atoms with E-state index in [0.29, 0.717) is 0 Å². The lowest BCUT2D eigenvalue weighted by atomic mass is 10.1. The molecule has 66 valence electrons. The van der Waals surface area contributed by atoms with Crippen LogP contribution in [-0.4, -0.2) is 4.98 Å². The van der Waals surface area contributed by atoms with Crippen LogP contribution >= 0.6 is 0 Å². The Balaban J connectivity index is 2.94. The van der Waals surface area contributed by atoms with Crippen molar-refractivity contribution >= 4 is 16.6 Å². The lowest BCUT2D eigenvalue weighted by Gasteiger charge is -2.05. The minimum absolute atomic E-state index is 0.808. The molecule has 2 heteroatoms. The standard InChI is InChI=1S/C11H12N2/c1-7-6-8(2)13-10-5-3-4-9(12)11(7)10/h3-6H,12H2,1-2H3. The first-order valence-corrected chi connectivity index (χ1v) is 4.31. The fourth-order valence-corrected chi connectivity index (χ4v) is 1.69. The molecule has 0 aliphatic heterocycles. The van der Waals surface area contributed by atoms with Crippen molar-refractivity contribution < 1.29 is 0 Å². The number of aromatic nitrogens is 1. The maximum absolute atomic E-state index is 5.87. The van der Waals surface area contributed by atoms with Crippen LogP contribution in [0.4, 0.5) is 5.69 Å². The molecule has 1 aromatic carbocycles. The van der Waals surface area contributed by atoms with E-state index < -0.39 is 0 Å². The van der Waals surface area contributed by atoms with Gasteiger partial charge in [0.05, 0.1) is 5.52 Å². The summed E-state index contributed by atoms with van der Waals surface area (Å²) in [4.78, 5) is 4.42. The minimum Gasteiger partial charge on any atom is -0.398 e. The zero-order valence-electron chi connectivity index (χ0n) is 7.83. The van der Waals surface area contributed by atoms with E-state index in [1.165, 1.54) is 5.56 Å². The maximum atomic E-state index is 5.87. The number of fused-ring (bicyclic) bond motifs is 1. The van der Waals surface area contributed by atoms with Crippen molar-refractivity contribution in [3.05, 3.63) is 35.5 Å². The summed E-state index contributed by atoms with van der Waals surface area (Å²) in [6.07, 6.45) is 0. The Bertz CT molecular complexity index is 461. The molecule has 0 fully saturated rings. The molecular weight excluding hydrogens is 160 g/mol. The Morgan fingerprint density at radius 2 is 2.00 bits per heavy atom. The SMILES string of the molecule is Cc1cc(C)c2c(N)cccc2n1. The molecule has 2 aromatic rings. The van der Waals surface area contributed by atoms with Crippen LogP contribution in [0.5, 0.6) is 0 Å². The van der Waals surface area contributed by atoms with Crippen LogP contribution in [0.25, 0.3) is 10.9 Å². The monoisotopic (exact) mass is 172 g/mol. The Morgan fingerprint density at radius 1 is 1.23 bits per heavy atom. The van der Waals surface area contributed by atoms with Crippen molar-refractivity contribution in [2.45, 2.75) is 13.8 Å². The topological polar surface area (TPSA) is 38.9 Å². The molecule has 2 rings (SSSR count). The van der Waals surface area contributed by atoms with E-state index in [0.717, 1.165) is 22.3 Å². The summed E-state index contributed by atoms with van der Waals surface area (Å²) < 4.78 is 0. The zero-order valence-corrected chi connectivity index (χ0v) is 7.83. The third-order valence-corrected chi connectivity index (χ3v) is 2.19. The molecule has 0 unspecified atom stereocenters. The third kappa shape index (κ3) is 1.24. The second kappa shape index (κ2) is 2.73. The van der Waals surface area contributed by atoms with E-state index >= 15 is 0 Å². The highest BCUT2D eigenvalue weighted by atomic mass is 14.7. The van der Waals surface area contributed by atoms with E-state index in [1.54, 1.807) is 0 Å². The van der Waals surface area contributed by atoms with Gasteiger partial charge in [-0.15, -0.1) is 0 Å². The quantitative estimate of drug-likeness (QED) is 0.620. The Kier molecular flexibility index (Phi) is 1.69. The number of nitrogen functional groups attached to an aromatic ring is 1. The van der Waals surface area contributed by atoms with Crippen molar-refractivity contribution in [3.8, 4) is 0 Å². The van der Waals surface area contributed by atoms with Gasteiger partial charge in [0.2, 0.25) is 0 Å². The van der Waals surface area contributed by atoms with Gasteiger partial charge < -0.3 is 5.73 Å². The molecule has 2 nitrogen and oxygen atoms in total. The molecule has 1 aromatic heterocycles. The molecule has 0 bridgehead atoms. The summed E-state index contributed by atoms with van der Waals surface area (Å²) in [5.74, 6) is 0. The summed E-state index contributed by atoms with van der Waals surface area (Å²) in [7, 11) is 0. The average molecular weight is 172 g/mol. The normalized spacial score (nSPS) is 10.6. The second-order valence-corrected chi connectivity index (χ2v) is 3.32. The highest BCUT2D eigenvalue weighted by Gasteiger charge is 2.02. The third-order valence-electron chi connectivity index (χ3n) is 2.19. The smallest absolute Gasteiger partial charge is 0.0728 e. The van der Waals surface area contributed by atoms with Gasteiger partial charge in [-0.1, -0.05) is 6.07 Å². The van der Waals surface area contributed by atoms with Crippen molar-refractivity contribution in [3.63, 3.8) is 0 Å². The van der Waals surface area contributed by atoms with Gasteiger partial charge in [-0.3, -0.25) is 4.98 Å². The molecule has 0 aliphatic rings. The Hall–Kier alpha value is -1.57. The Morgan fingerprint density at radius 3 is 2.77 bits per heavy atom. The molecule has 1 heterocycles. The van der Waals surface area contributed by atoms with Gasteiger partial charge in [0.1, 0.15) is 0 Å². The van der Waals surface area contributed by atoms with E-state index in [-0.39, 0.29) is 0 Å². The van der Waals surface area contributed by atoms with Crippen molar-refractivity contribution in [1.29, 1.82) is 0 Å². The van der Waals surface area contributed by atoms with Crippen LogP contribution in [0.15, 0.2) is 24.3 Å². The molecule has 0 amide bonds. The second-order valence-electron chi connectivity index (χ2n) is 3.32. The first-order chi connectivity index (χ1) is 6.18. The van der Waals surface area contributed by atoms with Crippen LogP contribution in [0.2, 0.25) is 0 Å². The van der Waals surface area contributed by atoms with Gasteiger partial charge >= 0.3 is 0 Å². The van der Waals surface area contributed by atoms with Gasteiger partial charge in [0.15, 0.2) is 0 Å². The van der Waals surface area contributed by atoms with Crippen LogP contribution in [0.1, 0.15) is 11.3 Å². The van der Waals surface area contributed by atoms with Crippen LogP contribution < -0.4 is 5.73 Å². The summed E-state index contributed by atoms with van der Waals surface area (Å²) in [5.41, 5.74) is 9.89. The number of nitrogens with zero attached hydrogens (tertiary/aromatic N) is 1. The van der Waals surface area contributed by atoms with Crippen molar-refractivity contribution in [1.82, 2.24) is 4.98 Å². The fraction of sp³-hybridized carbons (Fsp3) is 0.182. The predicted molar refractivity (Wildman–Crippen MR) is 55.6 cm³/mol. The molecule has 0 saturated carbocycles. The van der Waals surface area contributed by atoms with Crippen LogP contribution in [0, 0.1) is 13.8 Å². The number of anilines is 1. The number of hydrogen-bond donors (Lipinski definition) is 1. The average Bonchev–Trinajstić information content (AvgIpc) is 2.02. The summed E-state index contributed by atoms with van der Waals surface area (Å²) in [6.45, 7) is 4.06. The van der Waals surface area contributed by atoms with Gasteiger partial charge in [0, 0.05) is 16.8 Å². The van der Waals surface area contributed by atoms with Crippen molar-refractivity contribution in [2.75, 3.05) is 5.73 Å². The minimum atomic E-state index is 0.808. The van der Waals surface area contributed by atoms with Gasteiger partial charge in [-0.2, -0.15) is 0 Å². The number of nitrogens with two attached hydrogens (primary N) is 1. The lowest BCUT2D eigenvalue weighted by molar-refractivity contribution is 1.23. The van der Waals surface area contributed by atoms with Crippen LogP contribution in [-0.2, 0) is 0 Å². The largest absolute Gasteiger partial charge is 0.398 e. The van der Waals surface area contributed by atoms with Gasteiger partial charge in [0.25, 0.3) is 0 Å². The van der Waals surface area contributed by atoms with E-state index in [1.807, 2.05) is 25.1 Å². The fourth-order valence-electron chi connectivity index (χ4n) is 1.69. The van der Waals surface area contributed by atoms with Gasteiger partial charge in [-0.05, 0) is 37.6 Å². The first-order valence-electron chi connectivity index (χ1n) is 4.31. The maximum Gasteiger partial charge on any atom is 0.0728 e. The summed E-state index contributed by atoms with van der Waals surface area (Å²) in [5, 5.41) is 1.08. The van der Waals surface area contributed by atoms with E-state index in [4.69, 9.17) is 5.73 Å². The summed E-state index contributed by atoms with van der Waals surface area (Å²) in [6, 6.07) is 7.89. The van der Waals surface area contributed by atoms with Gasteiger partial charge in [-0.25, -0.2) is 0 Å². The molecule has 0 saturated heterocycles. The molecule has 0 aliphatic carbocycles. The van der Waals surface area contributed by atoms with E-state index in [2.05, 4.69) is 18.0 Å². The molecule has 0 spiro atoms. The number of benzene rings is 1.